The van der Waals surface area contributed by atoms with E-state index in [9.17, 15) is 4.79 Å². The predicted octanol–water partition coefficient (Wildman–Crippen LogP) is 2.26. The lowest BCUT2D eigenvalue weighted by Crippen LogP contribution is -2.20. The van der Waals surface area contributed by atoms with Crippen molar-refractivity contribution in [2.45, 2.75) is 19.8 Å². The predicted molar refractivity (Wildman–Crippen MR) is 73.4 cm³/mol. The molecule has 0 rings (SSSR count). The second-order valence-corrected chi connectivity index (χ2v) is 3.33. The Kier molecular flexibility index (Phi) is 8.20. The second kappa shape index (κ2) is 9.27. The van der Waals surface area contributed by atoms with Gasteiger partial charge in [-0.3, -0.25) is 4.99 Å². The second-order valence-electron chi connectivity index (χ2n) is 3.33. The number of hydrogen-bond acceptors (Lipinski definition) is 2. The Morgan fingerprint density at radius 2 is 2.06 bits per heavy atom. The molecule has 0 aliphatic carbocycles. The van der Waals surface area contributed by atoms with E-state index < -0.39 is 0 Å². The number of aldehydes is 1. The Hall–Kier alpha value is -1.97. The Bertz CT molecular complexity index is 354. The molecular formula is C13H19N3O. The molecule has 4 heteroatoms. The van der Waals surface area contributed by atoms with Crippen molar-refractivity contribution in [1.82, 2.24) is 5.32 Å². The van der Waals surface area contributed by atoms with Crippen molar-refractivity contribution in [3.63, 3.8) is 0 Å². The van der Waals surface area contributed by atoms with Crippen molar-refractivity contribution in [2.24, 2.45) is 9.98 Å². The summed E-state index contributed by atoms with van der Waals surface area (Å²) in [6, 6.07) is 0. The number of hydrogen-bond donors (Lipinski definition) is 1. The number of rotatable bonds is 7. The zero-order chi connectivity index (χ0) is 13.1. The van der Waals surface area contributed by atoms with Gasteiger partial charge in [-0.2, -0.15) is 0 Å². The van der Waals surface area contributed by atoms with Gasteiger partial charge in [0, 0.05) is 24.4 Å². The zero-order valence-corrected chi connectivity index (χ0v) is 10.3. The molecule has 92 valence electrons. The Labute approximate surface area is 103 Å². The third kappa shape index (κ3) is 7.90. The minimum atomic E-state index is 0.457. The molecule has 0 aliphatic heterocycles. The van der Waals surface area contributed by atoms with Crippen LogP contribution in [0, 0.1) is 0 Å². The molecule has 0 heterocycles. The normalized spacial score (nSPS) is 11.8. The van der Waals surface area contributed by atoms with Gasteiger partial charge in [0.15, 0.2) is 0 Å². The minimum absolute atomic E-state index is 0.457. The van der Waals surface area contributed by atoms with Crippen LogP contribution in [0.3, 0.4) is 0 Å². The van der Waals surface area contributed by atoms with E-state index in [4.69, 9.17) is 0 Å². The number of nitrogens with zero attached hydrogens (tertiary/aromatic N) is 2. The third-order valence-corrected chi connectivity index (χ3v) is 1.84. The molecule has 0 radical (unpaired) electrons. The van der Waals surface area contributed by atoms with Gasteiger partial charge in [-0.15, -0.1) is 0 Å². The molecule has 0 aromatic heterocycles. The van der Waals surface area contributed by atoms with Gasteiger partial charge in [0.2, 0.25) is 5.96 Å². The molecule has 0 saturated carbocycles. The third-order valence-electron chi connectivity index (χ3n) is 1.84. The fraction of sp³-hybridized carbons (Fsp3) is 0.308. The van der Waals surface area contributed by atoms with Gasteiger partial charge in [-0.1, -0.05) is 19.7 Å². The molecule has 0 aliphatic rings. The van der Waals surface area contributed by atoms with Crippen molar-refractivity contribution < 1.29 is 4.79 Å². The van der Waals surface area contributed by atoms with E-state index in [0.717, 1.165) is 12.0 Å². The summed E-state index contributed by atoms with van der Waals surface area (Å²) in [5, 5.41) is 2.92. The number of allylic oxidation sites excluding steroid dienone is 2. The minimum Gasteiger partial charge on any atom is -0.325 e. The summed E-state index contributed by atoms with van der Waals surface area (Å²) in [6.07, 6.45) is 5.31. The summed E-state index contributed by atoms with van der Waals surface area (Å²) in [5.74, 6) is 0.457. The maximum atomic E-state index is 10.2. The maximum absolute atomic E-state index is 10.2. The van der Waals surface area contributed by atoms with Crippen LogP contribution in [0.1, 0.15) is 19.8 Å². The fourth-order valence-corrected chi connectivity index (χ4v) is 0.870. The lowest BCUT2D eigenvalue weighted by molar-refractivity contribution is -0.107. The standard InChI is InChI=1S/C13H19N3O/c1-5-11(3)15-13(16-12(4)6-2)14-9-7-8-10-17/h5-6,10H,1-3,7-9H2,4H3,(H,14,15). The molecule has 0 aromatic carbocycles. The van der Waals surface area contributed by atoms with Crippen molar-refractivity contribution in [2.75, 3.05) is 6.54 Å². The van der Waals surface area contributed by atoms with Crippen LogP contribution in [0.2, 0.25) is 0 Å². The van der Waals surface area contributed by atoms with Crippen LogP contribution in [0.15, 0.2) is 47.6 Å². The van der Waals surface area contributed by atoms with Crippen molar-refractivity contribution in [3.05, 3.63) is 37.6 Å². The Balaban J connectivity index is 4.59. The van der Waals surface area contributed by atoms with Crippen molar-refractivity contribution in [1.29, 1.82) is 0 Å². The first kappa shape index (κ1) is 15.0. The molecule has 0 bridgehead atoms. The monoisotopic (exact) mass is 233 g/mol. The van der Waals surface area contributed by atoms with Crippen LogP contribution in [0.25, 0.3) is 0 Å². The summed E-state index contributed by atoms with van der Waals surface area (Å²) < 4.78 is 0. The van der Waals surface area contributed by atoms with Gasteiger partial charge in [0.25, 0.3) is 0 Å². The molecule has 0 aromatic rings. The van der Waals surface area contributed by atoms with E-state index in [1.54, 1.807) is 12.2 Å². The van der Waals surface area contributed by atoms with Crippen LogP contribution in [-0.2, 0) is 4.79 Å². The number of carbonyl (C=O) groups excluding carboxylic acids is 1. The molecule has 1 N–H and O–H groups in total. The lowest BCUT2D eigenvalue weighted by atomic mass is 10.3. The molecule has 4 nitrogen and oxygen atoms in total. The molecule has 0 saturated heterocycles. The summed E-state index contributed by atoms with van der Waals surface area (Å²) in [6.45, 7) is 13.3. The smallest absolute Gasteiger partial charge is 0.222 e. The van der Waals surface area contributed by atoms with E-state index >= 15 is 0 Å². The summed E-state index contributed by atoms with van der Waals surface area (Å²) in [7, 11) is 0. The van der Waals surface area contributed by atoms with Gasteiger partial charge in [0.1, 0.15) is 6.29 Å². The van der Waals surface area contributed by atoms with E-state index in [1.165, 1.54) is 0 Å². The SMILES string of the molecule is C=CC(=C)NC(N=C(C)C=C)=NCCCC=O. The van der Waals surface area contributed by atoms with Crippen LogP contribution in [-0.4, -0.2) is 24.5 Å². The first-order valence-corrected chi connectivity index (χ1v) is 5.38. The van der Waals surface area contributed by atoms with E-state index in [0.29, 0.717) is 31.0 Å². The summed E-state index contributed by atoms with van der Waals surface area (Å²) in [4.78, 5) is 18.6. The first-order chi connectivity index (χ1) is 8.13. The number of guanidine groups is 1. The van der Waals surface area contributed by atoms with Gasteiger partial charge < -0.3 is 10.1 Å². The highest BCUT2D eigenvalue weighted by Gasteiger charge is 1.97. The lowest BCUT2D eigenvalue weighted by Gasteiger charge is -2.05. The molecule has 0 atom stereocenters. The number of nitrogens with one attached hydrogen (secondary N) is 1. The van der Waals surface area contributed by atoms with Crippen molar-refractivity contribution >= 4 is 18.0 Å². The largest absolute Gasteiger partial charge is 0.325 e. The summed E-state index contributed by atoms with van der Waals surface area (Å²) >= 11 is 0. The van der Waals surface area contributed by atoms with Gasteiger partial charge >= 0.3 is 0 Å². The van der Waals surface area contributed by atoms with E-state index in [-0.39, 0.29) is 0 Å². The average Bonchev–Trinajstić information content (AvgIpc) is 2.33. The van der Waals surface area contributed by atoms with Crippen LogP contribution >= 0.6 is 0 Å². The van der Waals surface area contributed by atoms with Crippen LogP contribution < -0.4 is 5.32 Å². The van der Waals surface area contributed by atoms with E-state index in [1.807, 2.05) is 6.92 Å². The quantitative estimate of drug-likeness (QED) is 0.241. The average molecular weight is 233 g/mol. The molecule has 0 unspecified atom stereocenters. The summed E-state index contributed by atoms with van der Waals surface area (Å²) in [5.41, 5.74) is 1.38. The van der Waals surface area contributed by atoms with Gasteiger partial charge in [-0.05, 0) is 25.5 Å². The Morgan fingerprint density at radius 3 is 2.59 bits per heavy atom. The fourth-order valence-electron chi connectivity index (χ4n) is 0.870. The highest BCUT2D eigenvalue weighted by molar-refractivity contribution is 6.02. The number of unbranched alkanes of at least 4 members (excludes halogenated alkanes) is 1. The number of aliphatic imine (C=N–C) groups is 2. The Morgan fingerprint density at radius 1 is 1.35 bits per heavy atom. The van der Waals surface area contributed by atoms with Crippen LogP contribution in [0.4, 0.5) is 0 Å². The van der Waals surface area contributed by atoms with Gasteiger partial charge in [0.05, 0.1) is 0 Å². The maximum Gasteiger partial charge on any atom is 0.222 e. The van der Waals surface area contributed by atoms with E-state index in [2.05, 4.69) is 35.0 Å². The zero-order valence-electron chi connectivity index (χ0n) is 10.3. The topological polar surface area (TPSA) is 53.8 Å². The highest BCUT2D eigenvalue weighted by atomic mass is 16.1. The van der Waals surface area contributed by atoms with Crippen molar-refractivity contribution in [3.8, 4) is 0 Å². The van der Waals surface area contributed by atoms with Gasteiger partial charge in [-0.25, -0.2) is 4.99 Å². The van der Waals surface area contributed by atoms with Crippen LogP contribution in [0.5, 0.6) is 0 Å². The molecule has 0 fully saturated rings. The molecule has 17 heavy (non-hydrogen) atoms. The number of carbonyl (C=O) groups is 1. The molecule has 0 spiro atoms. The highest BCUT2D eigenvalue weighted by Crippen LogP contribution is 1.92. The molecular weight excluding hydrogens is 214 g/mol. The first-order valence-electron chi connectivity index (χ1n) is 5.38. The molecule has 0 amide bonds.